The number of halogens is 1. The quantitative estimate of drug-likeness (QED) is 0.553. The number of hydrogen-bond acceptors (Lipinski definition) is 6. The molecule has 4 rings (SSSR count). The van der Waals surface area contributed by atoms with Gasteiger partial charge in [0.15, 0.2) is 16.5 Å². The monoisotopic (exact) mass is 399 g/mol. The maximum absolute atomic E-state index is 12.5. The third kappa shape index (κ3) is 3.62. The molecule has 0 bridgehead atoms. The number of fused-ring (bicyclic) bond motifs is 1. The van der Waals surface area contributed by atoms with E-state index in [4.69, 9.17) is 16.3 Å². The number of thiazole rings is 1. The molecule has 3 aromatic heterocycles. The van der Waals surface area contributed by atoms with Gasteiger partial charge in [-0.2, -0.15) is 5.10 Å². The van der Waals surface area contributed by atoms with Crippen molar-refractivity contribution in [2.45, 2.75) is 6.42 Å². The Hall–Kier alpha value is -2.97. The first kappa shape index (κ1) is 17.4. The van der Waals surface area contributed by atoms with Gasteiger partial charge in [-0.05, 0) is 23.8 Å². The highest BCUT2D eigenvalue weighted by Gasteiger charge is 2.19. The maximum Gasteiger partial charge on any atom is 0.279 e. The van der Waals surface area contributed by atoms with E-state index in [9.17, 15) is 4.79 Å². The van der Waals surface area contributed by atoms with E-state index < -0.39 is 5.91 Å². The van der Waals surface area contributed by atoms with Crippen LogP contribution in [0.15, 0.2) is 48.9 Å². The Morgan fingerprint density at radius 3 is 2.85 bits per heavy atom. The molecule has 0 aliphatic heterocycles. The minimum Gasteiger partial charge on any atom is -0.497 e. The molecule has 0 atom stereocenters. The van der Waals surface area contributed by atoms with Crippen molar-refractivity contribution >= 4 is 39.6 Å². The fraction of sp³-hybridized carbons (Fsp3) is 0.111. The summed E-state index contributed by atoms with van der Waals surface area (Å²) in [6, 6.07) is 9.54. The van der Waals surface area contributed by atoms with Gasteiger partial charge in [0, 0.05) is 29.9 Å². The van der Waals surface area contributed by atoms with Crippen molar-refractivity contribution in [1.29, 1.82) is 0 Å². The first-order valence-corrected chi connectivity index (χ1v) is 9.21. The highest BCUT2D eigenvalue weighted by molar-refractivity contribution is 7.15. The third-order valence-corrected chi connectivity index (χ3v) is 5.13. The number of aromatic nitrogens is 4. The largest absolute Gasteiger partial charge is 0.497 e. The molecule has 0 aliphatic carbocycles. The van der Waals surface area contributed by atoms with Crippen LogP contribution in [-0.4, -0.2) is 32.6 Å². The number of nitrogens with one attached hydrogen (secondary N) is 1. The highest BCUT2D eigenvalue weighted by atomic mass is 35.5. The van der Waals surface area contributed by atoms with Gasteiger partial charge in [0.25, 0.3) is 5.91 Å². The van der Waals surface area contributed by atoms with Gasteiger partial charge in [-0.3, -0.25) is 10.1 Å². The van der Waals surface area contributed by atoms with Gasteiger partial charge >= 0.3 is 0 Å². The van der Waals surface area contributed by atoms with Crippen molar-refractivity contribution in [1.82, 2.24) is 19.6 Å². The molecule has 0 saturated carbocycles. The molecule has 0 radical (unpaired) electrons. The van der Waals surface area contributed by atoms with Crippen molar-refractivity contribution in [3.8, 4) is 5.75 Å². The number of ether oxygens (including phenoxy) is 1. The topological polar surface area (TPSA) is 81.4 Å². The summed E-state index contributed by atoms with van der Waals surface area (Å²) in [6.07, 6.45) is 5.74. The number of benzene rings is 1. The van der Waals surface area contributed by atoms with Crippen LogP contribution in [0.5, 0.6) is 5.75 Å². The molecule has 1 amide bonds. The number of rotatable bonds is 5. The van der Waals surface area contributed by atoms with Crippen molar-refractivity contribution in [3.05, 3.63) is 70.1 Å². The molecule has 9 heteroatoms. The summed E-state index contributed by atoms with van der Waals surface area (Å²) in [5, 5.41) is 7.62. The van der Waals surface area contributed by atoms with E-state index in [1.807, 2.05) is 24.3 Å². The fourth-order valence-electron chi connectivity index (χ4n) is 2.55. The molecular weight excluding hydrogens is 386 g/mol. The average molecular weight is 400 g/mol. The summed E-state index contributed by atoms with van der Waals surface area (Å²) in [5.74, 6) is 0.394. The van der Waals surface area contributed by atoms with Crippen LogP contribution in [0.3, 0.4) is 0 Å². The van der Waals surface area contributed by atoms with E-state index in [1.165, 1.54) is 15.9 Å². The molecule has 7 nitrogen and oxygen atoms in total. The molecule has 4 aromatic rings. The Morgan fingerprint density at radius 2 is 2.11 bits per heavy atom. The van der Waals surface area contributed by atoms with Crippen LogP contribution in [0.25, 0.3) is 5.65 Å². The number of methoxy groups -OCH3 is 1. The lowest BCUT2D eigenvalue weighted by atomic mass is 10.1. The lowest BCUT2D eigenvalue weighted by molar-refractivity contribution is 0.102. The third-order valence-electron chi connectivity index (χ3n) is 3.87. The van der Waals surface area contributed by atoms with Crippen LogP contribution in [0.4, 0.5) is 5.13 Å². The van der Waals surface area contributed by atoms with Crippen molar-refractivity contribution in [2.75, 3.05) is 12.4 Å². The van der Waals surface area contributed by atoms with Crippen LogP contribution in [0, 0.1) is 0 Å². The molecule has 27 heavy (non-hydrogen) atoms. The number of nitrogens with zero attached hydrogens (tertiary/aromatic N) is 4. The number of hydrogen-bond donors (Lipinski definition) is 1. The second-order valence-electron chi connectivity index (χ2n) is 5.66. The van der Waals surface area contributed by atoms with Gasteiger partial charge < -0.3 is 4.74 Å². The molecule has 0 spiro atoms. The summed E-state index contributed by atoms with van der Waals surface area (Å²) in [5.41, 5.74) is 1.68. The van der Waals surface area contributed by atoms with Crippen LogP contribution in [0.2, 0.25) is 5.02 Å². The SMILES string of the molecule is COc1ccc(Cc2cnc(NC(=O)c3nn4cccnc4c3Cl)s2)cc1. The Bertz CT molecular complexity index is 1110. The Labute approximate surface area is 163 Å². The van der Waals surface area contributed by atoms with Gasteiger partial charge in [-0.1, -0.05) is 23.7 Å². The van der Waals surface area contributed by atoms with E-state index in [1.54, 1.807) is 31.8 Å². The first-order valence-electron chi connectivity index (χ1n) is 8.02. The lowest BCUT2D eigenvalue weighted by Gasteiger charge is -2.01. The van der Waals surface area contributed by atoms with Crippen LogP contribution in [-0.2, 0) is 6.42 Å². The molecule has 1 aromatic carbocycles. The number of carbonyl (C=O) groups is 1. The van der Waals surface area contributed by atoms with Gasteiger partial charge in [-0.25, -0.2) is 14.5 Å². The zero-order chi connectivity index (χ0) is 18.8. The van der Waals surface area contributed by atoms with Crippen molar-refractivity contribution < 1.29 is 9.53 Å². The van der Waals surface area contributed by atoms with Gasteiger partial charge in [-0.15, -0.1) is 11.3 Å². The van der Waals surface area contributed by atoms with E-state index in [-0.39, 0.29) is 10.7 Å². The summed E-state index contributed by atoms with van der Waals surface area (Å²) in [4.78, 5) is 21.9. The Balaban J connectivity index is 1.48. The normalized spacial score (nSPS) is 10.9. The molecule has 136 valence electrons. The van der Waals surface area contributed by atoms with E-state index in [2.05, 4.69) is 20.4 Å². The lowest BCUT2D eigenvalue weighted by Crippen LogP contribution is -2.12. The Morgan fingerprint density at radius 1 is 1.30 bits per heavy atom. The molecule has 0 fully saturated rings. The number of anilines is 1. The predicted octanol–water partition coefficient (Wildman–Crippen LogP) is 3.69. The second-order valence-corrected chi connectivity index (χ2v) is 7.15. The van der Waals surface area contributed by atoms with Crippen LogP contribution in [0.1, 0.15) is 20.9 Å². The zero-order valence-electron chi connectivity index (χ0n) is 14.2. The molecule has 0 aliphatic rings. The Kier molecular flexibility index (Phi) is 4.74. The summed E-state index contributed by atoms with van der Waals surface area (Å²) in [7, 11) is 1.64. The van der Waals surface area contributed by atoms with E-state index in [0.29, 0.717) is 10.8 Å². The van der Waals surface area contributed by atoms with Crippen LogP contribution >= 0.6 is 22.9 Å². The zero-order valence-corrected chi connectivity index (χ0v) is 15.8. The summed E-state index contributed by atoms with van der Waals surface area (Å²) < 4.78 is 6.63. The number of amides is 1. The minimum atomic E-state index is -0.421. The molecular formula is C18H14ClN5O2S. The predicted molar refractivity (Wildman–Crippen MR) is 104 cm³/mol. The van der Waals surface area contributed by atoms with Crippen LogP contribution < -0.4 is 10.1 Å². The molecule has 0 saturated heterocycles. The van der Waals surface area contributed by atoms with Gasteiger partial charge in [0.1, 0.15) is 10.8 Å². The van der Waals surface area contributed by atoms with E-state index in [0.717, 1.165) is 22.6 Å². The van der Waals surface area contributed by atoms with Crippen molar-refractivity contribution in [2.24, 2.45) is 0 Å². The number of carbonyl (C=O) groups excluding carboxylic acids is 1. The smallest absolute Gasteiger partial charge is 0.279 e. The molecule has 1 N–H and O–H groups in total. The standard InChI is InChI=1S/C18H14ClN5O2S/c1-26-12-5-3-11(4-6-12)9-13-10-21-18(27-13)22-17(25)15-14(19)16-20-7-2-8-24(16)23-15/h2-8,10H,9H2,1H3,(H,21,22,25). The molecule has 0 unspecified atom stereocenters. The summed E-state index contributed by atoms with van der Waals surface area (Å²) >= 11 is 7.63. The first-order chi connectivity index (χ1) is 13.1. The van der Waals surface area contributed by atoms with Gasteiger partial charge in [0.05, 0.1) is 7.11 Å². The minimum absolute atomic E-state index is 0.113. The highest BCUT2D eigenvalue weighted by Crippen LogP contribution is 2.25. The van der Waals surface area contributed by atoms with Gasteiger partial charge in [0.2, 0.25) is 0 Å². The van der Waals surface area contributed by atoms with E-state index >= 15 is 0 Å². The maximum atomic E-state index is 12.5. The average Bonchev–Trinajstić information content (AvgIpc) is 3.27. The van der Waals surface area contributed by atoms with Crippen molar-refractivity contribution in [3.63, 3.8) is 0 Å². The second kappa shape index (κ2) is 7.34. The molecule has 3 heterocycles. The summed E-state index contributed by atoms with van der Waals surface area (Å²) in [6.45, 7) is 0. The fourth-order valence-corrected chi connectivity index (χ4v) is 3.65.